The zero-order valence-electron chi connectivity index (χ0n) is 15.1. The summed E-state index contributed by atoms with van der Waals surface area (Å²) >= 11 is 0. The van der Waals surface area contributed by atoms with Gasteiger partial charge in [0, 0.05) is 12.1 Å². The molecule has 0 aliphatic heterocycles. The molecule has 0 spiro atoms. The molecule has 4 rings (SSSR count). The highest BCUT2D eigenvalue weighted by Crippen LogP contribution is 2.26. The van der Waals surface area contributed by atoms with Gasteiger partial charge in [-0.25, -0.2) is 9.37 Å². The maximum Gasteiger partial charge on any atom is 0.265 e. The van der Waals surface area contributed by atoms with Gasteiger partial charge in [0.1, 0.15) is 17.3 Å². The topological polar surface area (TPSA) is 98.2 Å². The van der Waals surface area contributed by atoms with Crippen LogP contribution in [-0.2, 0) is 6.54 Å². The predicted octanol–water partition coefficient (Wildman–Crippen LogP) is 2.95. The zero-order chi connectivity index (χ0) is 19.7. The van der Waals surface area contributed by atoms with E-state index < -0.39 is 5.91 Å². The number of hydrogen-bond acceptors (Lipinski definition) is 5. The summed E-state index contributed by atoms with van der Waals surface area (Å²) in [7, 11) is 0. The molecule has 0 saturated carbocycles. The molecule has 0 fully saturated rings. The lowest BCUT2D eigenvalue weighted by molar-refractivity contribution is 0.0994. The van der Waals surface area contributed by atoms with Crippen molar-refractivity contribution in [2.24, 2.45) is 5.73 Å². The smallest absolute Gasteiger partial charge is 0.265 e. The second-order valence-corrected chi connectivity index (χ2v) is 6.36. The second kappa shape index (κ2) is 7.07. The van der Waals surface area contributed by atoms with E-state index in [0.717, 1.165) is 16.6 Å². The van der Waals surface area contributed by atoms with Gasteiger partial charge in [0.25, 0.3) is 5.91 Å². The number of aryl methyl sites for hydroxylation is 1. The number of anilines is 1. The number of pyridine rings is 1. The summed E-state index contributed by atoms with van der Waals surface area (Å²) in [6.45, 7) is 2.29. The number of primary amides is 1. The number of carbonyl (C=O) groups is 1. The van der Waals surface area contributed by atoms with Crippen molar-refractivity contribution in [2.45, 2.75) is 13.5 Å². The van der Waals surface area contributed by atoms with Crippen molar-refractivity contribution in [3.63, 3.8) is 0 Å². The van der Waals surface area contributed by atoms with Crippen molar-refractivity contribution < 1.29 is 9.18 Å². The van der Waals surface area contributed by atoms with Crippen molar-refractivity contribution in [1.29, 1.82) is 0 Å². The predicted molar refractivity (Wildman–Crippen MR) is 103 cm³/mol. The molecule has 0 aliphatic carbocycles. The van der Waals surface area contributed by atoms with Crippen LogP contribution in [0.2, 0.25) is 0 Å². The molecule has 0 unspecified atom stereocenters. The highest BCUT2D eigenvalue weighted by atomic mass is 19.1. The molecule has 28 heavy (non-hydrogen) atoms. The molecule has 3 aromatic heterocycles. The number of carbonyl (C=O) groups excluding carboxylic acids is 1. The van der Waals surface area contributed by atoms with E-state index in [2.05, 4.69) is 20.5 Å². The Morgan fingerprint density at radius 3 is 2.82 bits per heavy atom. The lowest BCUT2D eigenvalue weighted by Crippen LogP contribution is -2.16. The van der Waals surface area contributed by atoms with Crippen LogP contribution >= 0.6 is 0 Å². The summed E-state index contributed by atoms with van der Waals surface area (Å²) in [6.07, 6.45) is 1.49. The van der Waals surface area contributed by atoms with Crippen LogP contribution in [0.5, 0.6) is 0 Å². The fourth-order valence-corrected chi connectivity index (χ4v) is 3.15. The van der Waals surface area contributed by atoms with Crippen LogP contribution in [0.3, 0.4) is 0 Å². The monoisotopic (exact) mass is 376 g/mol. The summed E-state index contributed by atoms with van der Waals surface area (Å²) < 4.78 is 15.1. The first-order valence-electron chi connectivity index (χ1n) is 8.62. The van der Waals surface area contributed by atoms with Crippen molar-refractivity contribution >= 4 is 17.2 Å². The van der Waals surface area contributed by atoms with Crippen LogP contribution in [-0.4, -0.2) is 25.5 Å². The van der Waals surface area contributed by atoms with Gasteiger partial charge in [-0.3, -0.25) is 4.79 Å². The normalized spacial score (nSPS) is 10.9. The van der Waals surface area contributed by atoms with Gasteiger partial charge in [0.15, 0.2) is 0 Å². The molecular formula is C20H17FN6O. The molecular weight excluding hydrogens is 359 g/mol. The molecule has 8 heteroatoms. The second-order valence-electron chi connectivity index (χ2n) is 6.36. The van der Waals surface area contributed by atoms with E-state index in [1.807, 2.05) is 25.1 Å². The first-order valence-corrected chi connectivity index (χ1v) is 8.62. The molecule has 0 radical (unpaired) electrons. The minimum Gasteiger partial charge on any atom is -0.365 e. The van der Waals surface area contributed by atoms with E-state index >= 15 is 0 Å². The van der Waals surface area contributed by atoms with Crippen LogP contribution in [0.1, 0.15) is 21.6 Å². The van der Waals surface area contributed by atoms with Gasteiger partial charge in [-0.2, -0.15) is 5.10 Å². The summed E-state index contributed by atoms with van der Waals surface area (Å²) in [4.78, 5) is 16.4. The number of hydrogen-bond donors (Lipinski definition) is 2. The number of amides is 1. The fraction of sp³-hybridized carbons (Fsp3) is 0.100. The Kier molecular flexibility index (Phi) is 4.44. The molecule has 0 atom stereocenters. The summed E-state index contributed by atoms with van der Waals surface area (Å²) in [5.41, 5.74) is 8.99. The number of aromatic nitrogens is 4. The van der Waals surface area contributed by atoms with Crippen molar-refractivity contribution in [1.82, 2.24) is 19.6 Å². The van der Waals surface area contributed by atoms with Crippen LogP contribution in [0.25, 0.3) is 17.0 Å². The van der Waals surface area contributed by atoms with Crippen molar-refractivity contribution in [3.8, 4) is 11.5 Å². The van der Waals surface area contributed by atoms with Crippen LogP contribution in [0.4, 0.5) is 10.2 Å². The quantitative estimate of drug-likeness (QED) is 0.558. The van der Waals surface area contributed by atoms with E-state index in [0.29, 0.717) is 29.6 Å². The number of nitrogens with zero attached hydrogens (tertiary/aromatic N) is 4. The van der Waals surface area contributed by atoms with Gasteiger partial charge < -0.3 is 15.5 Å². The Morgan fingerprint density at radius 2 is 2.04 bits per heavy atom. The van der Waals surface area contributed by atoms with E-state index in [1.165, 1.54) is 18.3 Å². The van der Waals surface area contributed by atoms with E-state index in [9.17, 15) is 9.18 Å². The number of nitrogens with two attached hydrogens (primary N) is 1. The summed E-state index contributed by atoms with van der Waals surface area (Å²) in [5.74, 6) is 0.00136. The van der Waals surface area contributed by atoms with Gasteiger partial charge in [0.05, 0.1) is 11.9 Å². The van der Waals surface area contributed by atoms with Gasteiger partial charge in [-0.05, 0) is 48.4 Å². The van der Waals surface area contributed by atoms with Crippen LogP contribution in [0, 0.1) is 12.7 Å². The number of benzene rings is 1. The molecule has 0 aliphatic rings. The molecule has 4 aromatic rings. The van der Waals surface area contributed by atoms with Gasteiger partial charge in [0.2, 0.25) is 5.82 Å². The third kappa shape index (κ3) is 3.27. The minimum absolute atomic E-state index is 0.296. The maximum absolute atomic E-state index is 13.3. The lowest BCUT2D eigenvalue weighted by Gasteiger charge is -2.09. The average molecular weight is 376 g/mol. The number of nitrogens with one attached hydrogen (secondary N) is 1. The molecule has 1 aromatic carbocycles. The molecule has 3 heterocycles. The van der Waals surface area contributed by atoms with Crippen LogP contribution < -0.4 is 11.1 Å². The largest absolute Gasteiger partial charge is 0.365 e. The zero-order valence-corrected chi connectivity index (χ0v) is 15.1. The van der Waals surface area contributed by atoms with E-state index in [1.54, 1.807) is 22.6 Å². The molecule has 1 amide bonds. The highest BCUT2D eigenvalue weighted by molar-refractivity contribution is 5.93. The molecule has 0 bridgehead atoms. The van der Waals surface area contributed by atoms with Gasteiger partial charge >= 0.3 is 0 Å². The Balaban J connectivity index is 1.72. The fourth-order valence-electron chi connectivity index (χ4n) is 3.15. The molecule has 7 nitrogen and oxygen atoms in total. The Hall–Kier alpha value is -3.81. The van der Waals surface area contributed by atoms with E-state index in [4.69, 9.17) is 5.73 Å². The molecule has 0 saturated heterocycles. The lowest BCUT2D eigenvalue weighted by atomic mass is 10.2. The summed E-state index contributed by atoms with van der Waals surface area (Å²) in [6, 6.07) is 13.5. The Morgan fingerprint density at radius 1 is 1.21 bits per heavy atom. The maximum atomic E-state index is 13.3. The van der Waals surface area contributed by atoms with Crippen LogP contribution in [0.15, 0.2) is 54.7 Å². The highest BCUT2D eigenvalue weighted by Gasteiger charge is 2.17. The van der Waals surface area contributed by atoms with Crippen molar-refractivity contribution in [2.75, 3.05) is 5.32 Å². The first kappa shape index (κ1) is 17.6. The minimum atomic E-state index is -0.546. The Labute approximate surface area is 160 Å². The third-order valence-electron chi connectivity index (χ3n) is 4.37. The number of rotatable bonds is 5. The number of fused-ring (bicyclic) bond motifs is 1. The van der Waals surface area contributed by atoms with Crippen molar-refractivity contribution in [3.05, 3.63) is 77.4 Å². The van der Waals surface area contributed by atoms with E-state index in [-0.39, 0.29) is 5.82 Å². The molecule has 3 N–H and O–H groups in total. The average Bonchev–Trinajstić information content (AvgIpc) is 3.02. The first-order chi connectivity index (χ1) is 13.5. The number of halogens is 1. The summed E-state index contributed by atoms with van der Waals surface area (Å²) in [5, 5.41) is 11.3. The third-order valence-corrected chi connectivity index (χ3v) is 4.37. The van der Waals surface area contributed by atoms with Gasteiger partial charge in [-0.15, -0.1) is 5.10 Å². The standard InChI is InChI=1S/C20H17FN6O/c1-12-8-15-6-3-7-16(19(22)28)27(15)18(12)20-25-17(11-24-26-20)23-10-13-4-2-5-14(21)9-13/h2-9,11H,10H2,1H3,(H2,22,28)(H,23,25,26). The SMILES string of the molecule is Cc1cc2cccc(C(N)=O)n2c1-c1nncc(NCc2cccc(F)c2)n1. The molecule has 140 valence electrons. The Bertz CT molecular complexity index is 1190. The van der Waals surface area contributed by atoms with Gasteiger partial charge in [-0.1, -0.05) is 18.2 Å².